The summed E-state index contributed by atoms with van der Waals surface area (Å²) in [4.78, 5) is 2.50. The fourth-order valence-corrected chi connectivity index (χ4v) is 10.6. The second kappa shape index (κ2) is 14.9. The van der Waals surface area contributed by atoms with Gasteiger partial charge in [-0.3, -0.25) is 0 Å². The molecule has 0 spiro atoms. The molecule has 1 unspecified atom stereocenters. The number of benzene rings is 11. The molecule has 296 valence electrons. The monoisotopic (exact) mass is 801 g/mol. The summed E-state index contributed by atoms with van der Waals surface area (Å²) in [5.41, 5.74) is 16.8. The predicted molar refractivity (Wildman–Crippen MR) is 267 cm³/mol. The first-order valence-corrected chi connectivity index (χ1v) is 21.9. The topological polar surface area (TPSA) is 3.24 Å². The Balaban J connectivity index is 1.13. The molecule has 63 heavy (non-hydrogen) atoms. The van der Waals surface area contributed by atoms with Crippen LogP contribution in [0.4, 0.5) is 17.1 Å². The molecule has 1 heteroatoms. The SMILES string of the molecule is CC1(c2ccccc2)c2ccccc2-c2ccc(N(c3ccccc3-c3ccc4c(c3)c(-c3ccccc3)c(-c3ccccc3)c3ccccc34)c3cccc4ccccc34)cc21. The van der Waals surface area contributed by atoms with Crippen LogP contribution >= 0.6 is 0 Å². The van der Waals surface area contributed by atoms with Crippen molar-refractivity contribution in [3.8, 4) is 44.5 Å². The average molecular weight is 802 g/mol. The summed E-state index contributed by atoms with van der Waals surface area (Å²) in [5.74, 6) is 0. The zero-order valence-electron chi connectivity index (χ0n) is 35.0. The molecule has 0 saturated carbocycles. The normalized spacial score (nSPS) is 14.2. The van der Waals surface area contributed by atoms with Crippen LogP contribution in [0.1, 0.15) is 23.6 Å². The highest BCUT2D eigenvalue weighted by Gasteiger charge is 2.41. The van der Waals surface area contributed by atoms with E-state index in [2.05, 4.69) is 254 Å². The number of fused-ring (bicyclic) bond motifs is 7. The lowest BCUT2D eigenvalue weighted by Crippen LogP contribution is -2.23. The Labute approximate surface area is 368 Å². The van der Waals surface area contributed by atoms with Crippen LogP contribution in [0.25, 0.3) is 76.8 Å². The minimum absolute atomic E-state index is 0.335. The van der Waals surface area contributed by atoms with Gasteiger partial charge in [0.2, 0.25) is 0 Å². The van der Waals surface area contributed by atoms with Crippen LogP contribution in [-0.2, 0) is 5.41 Å². The summed E-state index contributed by atoms with van der Waals surface area (Å²) in [7, 11) is 0. The molecule has 0 aromatic heterocycles. The molecular weight excluding hydrogens is 759 g/mol. The largest absolute Gasteiger partial charge is 0.309 e. The molecule has 11 aromatic rings. The van der Waals surface area contributed by atoms with Crippen LogP contribution in [-0.4, -0.2) is 0 Å². The van der Waals surface area contributed by atoms with Crippen molar-refractivity contribution in [1.29, 1.82) is 0 Å². The van der Waals surface area contributed by atoms with Crippen LogP contribution in [0.15, 0.2) is 243 Å². The van der Waals surface area contributed by atoms with Gasteiger partial charge in [-0.05, 0) is 120 Å². The Morgan fingerprint density at radius 1 is 0.317 bits per heavy atom. The first-order valence-electron chi connectivity index (χ1n) is 21.9. The summed E-state index contributed by atoms with van der Waals surface area (Å²) >= 11 is 0. The van der Waals surface area contributed by atoms with E-state index in [0.29, 0.717) is 0 Å². The summed E-state index contributed by atoms with van der Waals surface area (Å²) in [6.07, 6.45) is 0. The Kier molecular flexibility index (Phi) is 8.69. The number of hydrogen-bond acceptors (Lipinski definition) is 1. The lowest BCUT2D eigenvalue weighted by molar-refractivity contribution is 0.714. The minimum Gasteiger partial charge on any atom is -0.309 e. The Bertz CT molecular complexity index is 3510. The molecule has 0 saturated heterocycles. The molecule has 12 rings (SSSR count). The molecule has 0 N–H and O–H groups in total. The molecule has 0 aliphatic heterocycles. The van der Waals surface area contributed by atoms with Crippen molar-refractivity contribution in [2.24, 2.45) is 0 Å². The van der Waals surface area contributed by atoms with Crippen molar-refractivity contribution < 1.29 is 0 Å². The van der Waals surface area contributed by atoms with Crippen LogP contribution in [0.5, 0.6) is 0 Å². The van der Waals surface area contributed by atoms with Crippen molar-refractivity contribution in [3.63, 3.8) is 0 Å². The number of nitrogens with zero attached hydrogens (tertiary/aromatic N) is 1. The number of rotatable bonds is 7. The second-order valence-corrected chi connectivity index (χ2v) is 16.9. The van der Waals surface area contributed by atoms with Gasteiger partial charge in [0.25, 0.3) is 0 Å². The van der Waals surface area contributed by atoms with Crippen molar-refractivity contribution in [2.45, 2.75) is 12.3 Å². The van der Waals surface area contributed by atoms with Gasteiger partial charge in [0.05, 0.1) is 11.4 Å². The van der Waals surface area contributed by atoms with E-state index in [1.165, 1.54) is 82.4 Å². The Morgan fingerprint density at radius 2 is 0.857 bits per heavy atom. The molecule has 1 nitrogen and oxygen atoms in total. The smallest absolute Gasteiger partial charge is 0.0540 e. The highest BCUT2D eigenvalue weighted by molar-refractivity contribution is 6.22. The Morgan fingerprint density at radius 3 is 1.62 bits per heavy atom. The summed E-state index contributed by atoms with van der Waals surface area (Å²) in [6, 6.07) is 89.4. The molecule has 0 bridgehead atoms. The van der Waals surface area contributed by atoms with Gasteiger partial charge in [0.15, 0.2) is 0 Å². The average Bonchev–Trinajstić information content (AvgIpc) is 3.62. The molecule has 1 aliphatic carbocycles. The summed E-state index contributed by atoms with van der Waals surface area (Å²) < 4.78 is 0. The standard InChI is InChI=1S/C62H43N/c1-62(46-26-9-4-10-27-46)56-33-17-15-31-52(56)53-39-37-47(41-57(53)62)63(59-35-19-25-42-20-11-12-28-48(42)59)58-34-18-16-29-49(58)45-36-38-51-50-30-13-14-32-54(50)60(43-21-5-2-6-22-43)61(55(51)40-45)44-23-7-3-8-24-44/h2-41H,1H3. The maximum Gasteiger partial charge on any atom is 0.0540 e. The van der Waals surface area contributed by atoms with Gasteiger partial charge in [-0.15, -0.1) is 0 Å². The highest BCUT2D eigenvalue weighted by atomic mass is 15.1. The molecule has 0 fully saturated rings. The molecule has 1 aliphatic rings. The fourth-order valence-electron chi connectivity index (χ4n) is 10.6. The number of hydrogen-bond donors (Lipinski definition) is 0. The quantitative estimate of drug-likeness (QED) is 0.145. The zero-order chi connectivity index (χ0) is 41.9. The maximum absolute atomic E-state index is 2.50. The first-order chi connectivity index (χ1) is 31.2. The van der Waals surface area contributed by atoms with Crippen LogP contribution < -0.4 is 4.90 Å². The van der Waals surface area contributed by atoms with E-state index in [9.17, 15) is 0 Å². The van der Waals surface area contributed by atoms with E-state index in [1.807, 2.05) is 0 Å². The van der Waals surface area contributed by atoms with Crippen molar-refractivity contribution in [1.82, 2.24) is 0 Å². The summed E-state index contributed by atoms with van der Waals surface area (Å²) in [6.45, 7) is 2.40. The van der Waals surface area contributed by atoms with Crippen LogP contribution in [0.2, 0.25) is 0 Å². The Hall–Kier alpha value is -8.00. The van der Waals surface area contributed by atoms with E-state index in [-0.39, 0.29) is 5.41 Å². The van der Waals surface area contributed by atoms with E-state index < -0.39 is 0 Å². The van der Waals surface area contributed by atoms with Crippen LogP contribution in [0, 0.1) is 0 Å². The third kappa shape index (κ3) is 5.85. The minimum atomic E-state index is -0.335. The second-order valence-electron chi connectivity index (χ2n) is 16.9. The molecule has 11 aromatic carbocycles. The third-order valence-electron chi connectivity index (χ3n) is 13.5. The molecule has 1 atom stereocenters. The van der Waals surface area contributed by atoms with E-state index in [1.54, 1.807) is 0 Å². The molecular formula is C62H43N. The molecule has 0 radical (unpaired) electrons. The number of para-hydroxylation sites is 1. The third-order valence-corrected chi connectivity index (χ3v) is 13.5. The molecule has 0 heterocycles. The van der Waals surface area contributed by atoms with Gasteiger partial charge in [-0.1, -0.05) is 212 Å². The van der Waals surface area contributed by atoms with Crippen molar-refractivity contribution in [3.05, 3.63) is 259 Å². The maximum atomic E-state index is 2.50. The first kappa shape index (κ1) is 36.8. The van der Waals surface area contributed by atoms with Gasteiger partial charge in [-0.2, -0.15) is 0 Å². The lowest BCUT2D eigenvalue weighted by atomic mass is 9.74. The number of anilines is 3. The fraction of sp³-hybridized carbons (Fsp3) is 0.0323. The van der Waals surface area contributed by atoms with Crippen molar-refractivity contribution >= 4 is 49.4 Å². The molecule has 0 amide bonds. The van der Waals surface area contributed by atoms with Crippen molar-refractivity contribution in [2.75, 3.05) is 4.90 Å². The van der Waals surface area contributed by atoms with Crippen LogP contribution in [0.3, 0.4) is 0 Å². The lowest BCUT2D eigenvalue weighted by Gasteiger charge is -2.32. The van der Waals surface area contributed by atoms with Gasteiger partial charge < -0.3 is 4.90 Å². The van der Waals surface area contributed by atoms with Gasteiger partial charge in [0.1, 0.15) is 0 Å². The van der Waals surface area contributed by atoms with Gasteiger partial charge >= 0.3 is 0 Å². The zero-order valence-corrected chi connectivity index (χ0v) is 35.0. The van der Waals surface area contributed by atoms with E-state index in [0.717, 1.165) is 28.2 Å². The van der Waals surface area contributed by atoms with E-state index >= 15 is 0 Å². The van der Waals surface area contributed by atoms with E-state index in [4.69, 9.17) is 0 Å². The predicted octanol–water partition coefficient (Wildman–Crippen LogP) is 17.0. The van der Waals surface area contributed by atoms with Gasteiger partial charge in [-0.25, -0.2) is 0 Å². The van der Waals surface area contributed by atoms with Gasteiger partial charge in [0, 0.05) is 22.1 Å². The highest BCUT2D eigenvalue weighted by Crippen LogP contribution is 2.55. The summed E-state index contributed by atoms with van der Waals surface area (Å²) in [5, 5.41) is 7.40.